The Morgan fingerprint density at radius 2 is 2.08 bits per heavy atom. The second-order valence-corrected chi connectivity index (χ2v) is 8.97. The molecule has 5 nitrogen and oxygen atoms in total. The Morgan fingerprint density at radius 3 is 2.65 bits per heavy atom. The zero-order valence-corrected chi connectivity index (χ0v) is 16.1. The third-order valence-electron chi connectivity index (χ3n) is 3.88. The molecule has 1 unspecified atom stereocenters. The van der Waals surface area contributed by atoms with E-state index in [1.54, 1.807) is 34.3 Å². The maximum Gasteiger partial charge on any atom is 0.240 e. The van der Waals surface area contributed by atoms with E-state index in [1.165, 1.54) is 41.9 Å². The summed E-state index contributed by atoms with van der Waals surface area (Å²) in [6.45, 7) is -0.278. The van der Waals surface area contributed by atoms with Gasteiger partial charge in [-0.1, -0.05) is 6.07 Å². The van der Waals surface area contributed by atoms with Crippen LogP contribution in [0.1, 0.15) is 10.4 Å². The second-order valence-electron chi connectivity index (χ2n) is 5.47. The Bertz CT molecular complexity index is 935. The molecule has 0 aliphatic heterocycles. The molecule has 2 heterocycles. The van der Waals surface area contributed by atoms with Crippen molar-refractivity contribution in [1.29, 1.82) is 0 Å². The Hall–Kier alpha value is -1.78. The molecule has 26 heavy (non-hydrogen) atoms. The van der Waals surface area contributed by atoms with Gasteiger partial charge in [0, 0.05) is 17.0 Å². The summed E-state index contributed by atoms with van der Waals surface area (Å²) in [6, 6.07) is 8.64. The second kappa shape index (κ2) is 7.45. The number of rotatable bonds is 7. The van der Waals surface area contributed by atoms with Gasteiger partial charge in [-0.3, -0.25) is 0 Å². The first-order valence-electron chi connectivity index (χ1n) is 7.49. The largest absolute Gasteiger partial charge is 0.494 e. The summed E-state index contributed by atoms with van der Waals surface area (Å²) in [5.41, 5.74) is -0.916. The van der Waals surface area contributed by atoms with Crippen molar-refractivity contribution in [3.63, 3.8) is 0 Å². The molecule has 0 radical (unpaired) electrons. The molecular formula is C17H16FNO4S3. The van der Waals surface area contributed by atoms with Crippen molar-refractivity contribution in [3.05, 3.63) is 68.8 Å². The molecule has 0 amide bonds. The number of sulfonamides is 1. The Morgan fingerprint density at radius 1 is 1.27 bits per heavy atom. The first kappa shape index (κ1) is 19.0. The van der Waals surface area contributed by atoms with E-state index in [4.69, 9.17) is 4.74 Å². The van der Waals surface area contributed by atoms with Gasteiger partial charge in [-0.15, -0.1) is 11.3 Å². The van der Waals surface area contributed by atoms with E-state index in [0.29, 0.717) is 10.4 Å². The number of methoxy groups -OCH3 is 1. The van der Waals surface area contributed by atoms with Gasteiger partial charge < -0.3 is 9.84 Å². The van der Waals surface area contributed by atoms with Crippen molar-refractivity contribution in [2.75, 3.05) is 13.7 Å². The Kier molecular flexibility index (Phi) is 5.44. The zero-order chi connectivity index (χ0) is 18.8. The van der Waals surface area contributed by atoms with E-state index in [2.05, 4.69) is 4.72 Å². The lowest BCUT2D eigenvalue weighted by Gasteiger charge is -2.27. The first-order chi connectivity index (χ1) is 12.4. The van der Waals surface area contributed by atoms with E-state index in [-0.39, 0.29) is 17.2 Å². The van der Waals surface area contributed by atoms with Gasteiger partial charge in [0.1, 0.15) is 5.60 Å². The Labute approximate surface area is 158 Å². The topological polar surface area (TPSA) is 75.6 Å². The van der Waals surface area contributed by atoms with Crippen LogP contribution in [0.25, 0.3) is 0 Å². The Balaban J connectivity index is 1.88. The highest BCUT2D eigenvalue weighted by atomic mass is 32.2. The lowest BCUT2D eigenvalue weighted by Crippen LogP contribution is -2.40. The number of hydrogen-bond acceptors (Lipinski definition) is 6. The van der Waals surface area contributed by atoms with Crippen molar-refractivity contribution in [2.45, 2.75) is 10.5 Å². The lowest BCUT2D eigenvalue weighted by atomic mass is 9.95. The molecule has 0 saturated carbocycles. The third-order valence-corrected chi connectivity index (χ3v) is 6.98. The van der Waals surface area contributed by atoms with Crippen LogP contribution in [0.5, 0.6) is 5.75 Å². The van der Waals surface area contributed by atoms with Crippen LogP contribution < -0.4 is 9.46 Å². The predicted molar refractivity (Wildman–Crippen MR) is 99.8 cm³/mol. The SMILES string of the molecule is COc1ccc(S(=O)(=O)NCC(O)(c2ccsc2)c2cccs2)cc1F. The van der Waals surface area contributed by atoms with Crippen molar-refractivity contribution in [2.24, 2.45) is 0 Å². The quantitative estimate of drug-likeness (QED) is 0.624. The fourth-order valence-corrected chi connectivity index (χ4v) is 5.08. The highest BCUT2D eigenvalue weighted by Crippen LogP contribution is 2.34. The van der Waals surface area contributed by atoms with Gasteiger partial charge >= 0.3 is 0 Å². The normalized spacial score (nSPS) is 14.1. The highest BCUT2D eigenvalue weighted by Gasteiger charge is 2.35. The van der Waals surface area contributed by atoms with Crippen molar-refractivity contribution >= 4 is 32.7 Å². The molecule has 9 heteroatoms. The molecule has 2 aromatic heterocycles. The molecule has 0 aliphatic rings. The molecule has 3 rings (SSSR count). The predicted octanol–water partition coefficient (Wildman–Crippen LogP) is 3.17. The van der Waals surface area contributed by atoms with Crippen LogP contribution in [0.15, 0.2) is 57.4 Å². The van der Waals surface area contributed by atoms with Crippen LogP contribution in [0.4, 0.5) is 4.39 Å². The molecule has 3 aromatic rings. The van der Waals surface area contributed by atoms with Crippen molar-refractivity contribution in [1.82, 2.24) is 4.72 Å². The number of nitrogens with one attached hydrogen (secondary N) is 1. The van der Waals surface area contributed by atoms with Gasteiger partial charge in [-0.25, -0.2) is 17.5 Å². The minimum absolute atomic E-state index is 0.0442. The molecular weight excluding hydrogens is 397 g/mol. The molecule has 1 aromatic carbocycles. The summed E-state index contributed by atoms with van der Waals surface area (Å²) in [6.07, 6.45) is 0. The monoisotopic (exact) mass is 413 g/mol. The van der Waals surface area contributed by atoms with E-state index < -0.39 is 21.4 Å². The number of ether oxygens (including phenoxy) is 1. The van der Waals surface area contributed by atoms with E-state index in [1.807, 2.05) is 0 Å². The van der Waals surface area contributed by atoms with Gasteiger partial charge in [0.15, 0.2) is 11.6 Å². The number of aliphatic hydroxyl groups is 1. The molecule has 0 aliphatic carbocycles. The van der Waals surface area contributed by atoms with Gasteiger partial charge in [-0.05, 0) is 46.5 Å². The molecule has 0 saturated heterocycles. The van der Waals surface area contributed by atoms with Crippen molar-refractivity contribution < 1.29 is 22.7 Å². The molecule has 2 N–H and O–H groups in total. The average molecular weight is 414 g/mol. The van der Waals surface area contributed by atoms with Crippen LogP contribution in [-0.2, 0) is 15.6 Å². The molecule has 138 valence electrons. The van der Waals surface area contributed by atoms with Gasteiger partial charge in [0.25, 0.3) is 0 Å². The van der Waals surface area contributed by atoms with Crippen LogP contribution in [0, 0.1) is 5.82 Å². The summed E-state index contributed by atoms with van der Waals surface area (Å²) in [4.78, 5) is 0.370. The van der Waals surface area contributed by atoms with Crippen LogP contribution in [0.3, 0.4) is 0 Å². The summed E-state index contributed by atoms with van der Waals surface area (Å²) in [5, 5.41) is 16.6. The van der Waals surface area contributed by atoms with E-state index in [9.17, 15) is 17.9 Å². The summed E-state index contributed by atoms with van der Waals surface area (Å²) >= 11 is 2.73. The standard InChI is InChI=1S/C17H16FNO4S3/c1-23-15-5-4-13(9-14(15)18)26(21,22)19-11-17(20,12-6-8-24-10-12)16-3-2-7-25-16/h2-10,19-20H,11H2,1H3. The van der Waals surface area contributed by atoms with Gasteiger partial charge in [-0.2, -0.15) is 11.3 Å². The molecule has 1 atom stereocenters. The minimum atomic E-state index is -4.02. The first-order valence-corrected chi connectivity index (χ1v) is 10.8. The fraction of sp³-hybridized carbons (Fsp3) is 0.176. The van der Waals surface area contributed by atoms with Crippen molar-refractivity contribution in [3.8, 4) is 5.75 Å². The number of hydrogen-bond donors (Lipinski definition) is 2. The molecule has 0 bridgehead atoms. The number of halogens is 1. The highest BCUT2D eigenvalue weighted by molar-refractivity contribution is 7.89. The summed E-state index contributed by atoms with van der Waals surface area (Å²) in [7, 11) is -2.72. The maximum absolute atomic E-state index is 13.8. The van der Waals surface area contributed by atoms with E-state index in [0.717, 1.165) is 6.07 Å². The average Bonchev–Trinajstić information content (AvgIpc) is 3.33. The van der Waals surface area contributed by atoms with Gasteiger partial charge in [0.05, 0.1) is 12.0 Å². The van der Waals surface area contributed by atoms with Crippen LogP contribution in [0.2, 0.25) is 0 Å². The lowest BCUT2D eigenvalue weighted by molar-refractivity contribution is 0.0903. The van der Waals surface area contributed by atoms with E-state index >= 15 is 0 Å². The molecule has 0 fully saturated rings. The molecule has 0 spiro atoms. The smallest absolute Gasteiger partial charge is 0.240 e. The zero-order valence-electron chi connectivity index (χ0n) is 13.7. The van der Waals surface area contributed by atoms with Crippen LogP contribution >= 0.6 is 22.7 Å². The van der Waals surface area contributed by atoms with Gasteiger partial charge in [0.2, 0.25) is 10.0 Å². The number of benzene rings is 1. The number of thiophene rings is 2. The maximum atomic E-state index is 13.8. The minimum Gasteiger partial charge on any atom is -0.494 e. The third kappa shape index (κ3) is 3.67. The summed E-state index contributed by atoms with van der Waals surface area (Å²) < 4.78 is 46.1. The summed E-state index contributed by atoms with van der Waals surface area (Å²) in [5.74, 6) is -0.820. The fourth-order valence-electron chi connectivity index (χ4n) is 2.44. The van der Waals surface area contributed by atoms with Crippen LogP contribution in [-0.4, -0.2) is 27.2 Å².